The molecule has 114 valence electrons. The number of carbonyl (C=O) groups is 1. The van der Waals surface area contributed by atoms with Gasteiger partial charge in [-0.1, -0.05) is 24.6 Å². The predicted octanol–water partition coefficient (Wildman–Crippen LogP) is 3.44. The predicted molar refractivity (Wildman–Crippen MR) is 85.5 cm³/mol. The summed E-state index contributed by atoms with van der Waals surface area (Å²) in [4.78, 5) is 14.6. The first kappa shape index (κ1) is 14.4. The van der Waals surface area contributed by atoms with Crippen LogP contribution in [0.5, 0.6) is 0 Å². The zero-order valence-electron chi connectivity index (χ0n) is 12.9. The van der Waals surface area contributed by atoms with Crippen molar-refractivity contribution in [1.29, 1.82) is 0 Å². The van der Waals surface area contributed by atoms with E-state index in [1.54, 1.807) is 0 Å². The SMILES string of the molecule is CCN(Cc1ccccc1N)C(=O)CC1CC2CCC1C2. The molecule has 3 rings (SSSR count). The van der Waals surface area contributed by atoms with Gasteiger partial charge in [0.25, 0.3) is 0 Å². The maximum absolute atomic E-state index is 12.6. The van der Waals surface area contributed by atoms with Crippen molar-refractivity contribution < 1.29 is 4.79 Å². The zero-order valence-corrected chi connectivity index (χ0v) is 12.9. The van der Waals surface area contributed by atoms with Crippen LogP contribution in [0, 0.1) is 17.8 Å². The average molecular weight is 286 g/mol. The molecule has 2 saturated carbocycles. The number of hydrogen-bond donors (Lipinski definition) is 1. The van der Waals surface area contributed by atoms with Crippen LogP contribution in [-0.2, 0) is 11.3 Å². The Bertz CT molecular complexity index is 514. The first-order valence-corrected chi connectivity index (χ1v) is 8.28. The van der Waals surface area contributed by atoms with Crippen LogP contribution in [0.25, 0.3) is 0 Å². The molecule has 3 nitrogen and oxygen atoms in total. The van der Waals surface area contributed by atoms with Crippen molar-refractivity contribution in [1.82, 2.24) is 4.90 Å². The van der Waals surface area contributed by atoms with Gasteiger partial charge < -0.3 is 10.6 Å². The molecule has 0 heterocycles. The standard InChI is InChI=1S/C18H26N2O/c1-2-20(12-15-5-3-4-6-17(15)19)18(21)11-16-10-13-7-8-14(16)9-13/h3-6,13-14,16H,2,7-12,19H2,1H3. The van der Waals surface area contributed by atoms with Gasteiger partial charge in [-0.15, -0.1) is 0 Å². The maximum atomic E-state index is 12.6. The Hall–Kier alpha value is -1.51. The van der Waals surface area contributed by atoms with Gasteiger partial charge in [-0.3, -0.25) is 4.79 Å². The molecular weight excluding hydrogens is 260 g/mol. The van der Waals surface area contributed by atoms with Crippen LogP contribution in [-0.4, -0.2) is 17.4 Å². The molecule has 2 bridgehead atoms. The van der Waals surface area contributed by atoms with Crippen LogP contribution in [0.3, 0.4) is 0 Å². The third-order valence-corrected chi connectivity index (χ3v) is 5.47. The highest BCUT2D eigenvalue weighted by molar-refractivity contribution is 5.76. The summed E-state index contributed by atoms with van der Waals surface area (Å²) >= 11 is 0. The number of nitrogens with zero attached hydrogens (tertiary/aromatic N) is 1. The maximum Gasteiger partial charge on any atom is 0.223 e. The van der Waals surface area contributed by atoms with Gasteiger partial charge >= 0.3 is 0 Å². The van der Waals surface area contributed by atoms with E-state index in [-0.39, 0.29) is 0 Å². The minimum Gasteiger partial charge on any atom is -0.398 e. The van der Waals surface area contributed by atoms with Gasteiger partial charge in [0.15, 0.2) is 0 Å². The first-order valence-electron chi connectivity index (χ1n) is 8.28. The Morgan fingerprint density at radius 1 is 1.29 bits per heavy atom. The molecule has 2 fully saturated rings. The van der Waals surface area contributed by atoms with E-state index in [4.69, 9.17) is 5.73 Å². The van der Waals surface area contributed by atoms with Gasteiger partial charge in [-0.25, -0.2) is 0 Å². The summed E-state index contributed by atoms with van der Waals surface area (Å²) in [6.07, 6.45) is 6.13. The number of carbonyl (C=O) groups excluding carboxylic acids is 1. The number of nitrogen functional groups attached to an aromatic ring is 1. The van der Waals surface area contributed by atoms with Gasteiger partial charge in [0.1, 0.15) is 0 Å². The molecule has 0 radical (unpaired) electrons. The Morgan fingerprint density at radius 2 is 2.10 bits per heavy atom. The van der Waals surface area contributed by atoms with E-state index < -0.39 is 0 Å². The van der Waals surface area contributed by atoms with Crippen LogP contribution in [0.15, 0.2) is 24.3 Å². The van der Waals surface area contributed by atoms with E-state index in [1.807, 2.05) is 29.2 Å². The van der Waals surface area contributed by atoms with Crippen LogP contribution in [0.1, 0.15) is 44.6 Å². The van der Waals surface area contributed by atoms with E-state index in [1.165, 1.54) is 25.7 Å². The fourth-order valence-electron chi connectivity index (χ4n) is 4.24. The molecule has 1 aromatic carbocycles. The van der Waals surface area contributed by atoms with Crippen molar-refractivity contribution in [3.05, 3.63) is 29.8 Å². The Labute approximate surface area is 127 Å². The van der Waals surface area contributed by atoms with Crippen molar-refractivity contribution in [3.8, 4) is 0 Å². The van der Waals surface area contributed by atoms with Crippen molar-refractivity contribution in [2.24, 2.45) is 17.8 Å². The second-order valence-electron chi connectivity index (χ2n) is 6.75. The van der Waals surface area contributed by atoms with Gasteiger partial charge in [0.2, 0.25) is 5.91 Å². The van der Waals surface area contributed by atoms with Crippen molar-refractivity contribution in [3.63, 3.8) is 0 Å². The smallest absolute Gasteiger partial charge is 0.223 e. The van der Waals surface area contributed by atoms with Crippen LogP contribution in [0.4, 0.5) is 5.69 Å². The number of amides is 1. The van der Waals surface area contributed by atoms with E-state index in [0.717, 1.165) is 36.1 Å². The third kappa shape index (κ3) is 3.07. The lowest BCUT2D eigenvalue weighted by atomic mass is 9.86. The lowest BCUT2D eigenvalue weighted by molar-refractivity contribution is -0.133. The lowest BCUT2D eigenvalue weighted by Crippen LogP contribution is -2.32. The largest absolute Gasteiger partial charge is 0.398 e. The summed E-state index contributed by atoms with van der Waals surface area (Å²) in [5.74, 6) is 2.67. The second-order valence-corrected chi connectivity index (χ2v) is 6.75. The van der Waals surface area contributed by atoms with Gasteiger partial charge in [0.05, 0.1) is 0 Å². The number of anilines is 1. The summed E-state index contributed by atoms with van der Waals surface area (Å²) in [5, 5.41) is 0. The van der Waals surface area contributed by atoms with E-state index in [2.05, 4.69) is 6.92 Å². The molecule has 0 aliphatic heterocycles. The van der Waals surface area contributed by atoms with E-state index in [0.29, 0.717) is 18.4 Å². The van der Waals surface area contributed by atoms with Crippen LogP contribution in [0.2, 0.25) is 0 Å². The molecule has 2 N–H and O–H groups in total. The second kappa shape index (κ2) is 6.08. The first-order chi connectivity index (χ1) is 10.2. The number of fused-ring (bicyclic) bond motifs is 2. The molecule has 0 spiro atoms. The minimum atomic E-state index is 0.304. The molecular formula is C18H26N2O. The normalized spacial score (nSPS) is 27.0. The Morgan fingerprint density at radius 3 is 2.71 bits per heavy atom. The summed E-state index contributed by atoms with van der Waals surface area (Å²) in [7, 11) is 0. The van der Waals surface area contributed by atoms with Crippen molar-refractivity contribution in [2.45, 2.75) is 45.6 Å². The number of nitrogens with two attached hydrogens (primary N) is 1. The Kier molecular flexibility index (Phi) is 4.18. The summed E-state index contributed by atoms with van der Waals surface area (Å²) in [6, 6.07) is 7.85. The molecule has 3 heteroatoms. The molecule has 3 atom stereocenters. The molecule has 0 saturated heterocycles. The summed E-state index contributed by atoms with van der Waals surface area (Å²) < 4.78 is 0. The molecule has 0 aromatic heterocycles. The molecule has 3 unspecified atom stereocenters. The fraction of sp³-hybridized carbons (Fsp3) is 0.611. The van der Waals surface area contributed by atoms with E-state index in [9.17, 15) is 4.79 Å². The molecule has 21 heavy (non-hydrogen) atoms. The van der Waals surface area contributed by atoms with E-state index >= 15 is 0 Å². The minimum absolute atomic E-state index is 0.304. The summed E-state index contributed by atoms with van der Waals surface area (Å²) in [6.45, 7) is 3.45. The van der Waals surface area contributed by atoms with Crippen LogP contribution >= 0.6 is 0 Å². The van der Waals surface area contributed by atoms with Gasteiger partial charge in [-0.05, 0) is 55.6 Å². The molecule has 2 aliphatic rings. The topological polar surface area (TPSA) is 46.3 Å². The van der Waals surface area contributed by atoms with Crippen molar-refractivity contribution >= 4 is 11.6 Å². The van der Waals surface area contributed by atoms with Gasteiger partial charge in [0, 0.05) is 25.2 Å². The van der Waals surface area contributed by atoms with Gasteiger partial charge in [-0.2, -0.15) is 0 Å². The monoisotopic (exact) mass is 286 g/mol. The molecule has 1 amide bonds. The highest BCUT2D eigenvalue weighted by Gasteiger charge is 2.40. The number of rotatable bonds is 5. The lowest BCUT2D eigenvalue weighted by Gasteiger charge is -2.26. The number of hydrogen-bond acceptors (Lipinski definition) is 2. The summed E-state index contributed by atoms with van der Waals surface area (Å²) in [5.41, 5.74) is 7.84. The highest BCUT2D eigenvalue weighted by atomic mass is 16.2. The fourth-order valence-corrected chi connectivity index (χ4v) is 4.24. The molecule has 2 aliphatic carbocycles. The average Bonchev–Trinajstić information content (AvgIpc) is 3.09. The zero-order chi connectivity index (χ0) is 14.8. The highest BCUT2D eigenvalue weighted by Crippen LogP contribution is 2.49. The molecule has 1 aromatic rings. The van der Waals surface area contributed by atoms with Crippen molar-refractivity contribution in [2.75, 3.05) is 12.3 Å². The number of para-hydroxylation sites is 1. The Balaban J connectivity index is 1.60. The number of benzene rings is 1. The quantitative estimate of drug-likeness (QED) is 0.843. The third-order valence-electron chi connectivity index (χ3n) is 5.47. The van der Waals surface area contributed by atoms with Crippen LogP contribution < -0.4 is 5.73 Å².